The summed E-state index contributed by atoms with van der Waals surface area (Å²) >= 11 is 6.01. The van der Waals surface area contributed by atoms with Crippen LogP contribution in [0.3, 0.4) is 0 Å². The minimum atomic E-state index is -0.883. The van der Waals surface area contributed by atoms with Crippen LogP contribution in [-0.4, -0.2) is 38.0 Å². The lowest BCUT2D eigenvalue weighted by Crippen LogP contribution is -2.45. The summed E-state index contributed by atoms with van der Waals surface area (Å²) in [5, 5.41) is 11.1. The molecule has 1 aromatic heterocycles. The van der Waals surface area contributed by atoms with Crippen LogP contribution in [0, 0.1) is 0 Å². The summed E-state index contributed by atoms with van der Waals surface area (Å²) in [6.07, 6.45) is 8.72. The number of rotatable bonds is 4. The summed E-state index contributed by atoms with van der Waals surface area (Å²) in [5.41, 5.74) is 1.00. The zero-order valence-corrected chi connectivity index (χ0v) is 14.4. The fraction of sp³-hybridized carbons (Fsp3) is 0.278. The number of halogens is 1. The van der Waals surface area contributed by atoms with Gasteiger partial charge >= 0.3 is 0 Å². The lowest BCUT2D eigenvalue weighted by molar-refractivity contribution is 0.0501. The maximum Gasteiger partial charge on any atom is 0.139 e. The molecular formula is C18H19ClN4O. The molecule has 124 valence electrons. The first-order valence-corrected chi connectivity index (χ1v) is 8.06. The van der Waals surface area contributed by atoms with Crippen molar-refractivity contribution >= 4 is 17.4 Å². The molecule has 2 heterocycles. The van der Waals surface area contributed by atoms with Gasteiger partial charge in [0.15, 0.2) is 0 Å². The first kappa shape index (κ1) is 16.6. The Labute approximate surface area is 146 Å². The van der Waals surface area contributed by atoms with Crippen LogP contribution in [0.5, 0.6) is 0 Å². The van der Waals surface area contributed by atoms with Gasteiger partial charge in [0.25, 0.3) is 0 Å². The highest BCUT2D eigenvalue weighted by Gasteiger charge is 2.30. The third-order valence-electron chi connectivity index (χ3n) is 3.66. The number of nitrogens with zero attached hydrogens (tertiary/aromatic N) is 4. The molecule has 3 rings (SSSR count). The van der Waals surface area contributed by atoms with Crippen LogP contribution in [0.2, 0.25) is 5.02 Å². The Hall–Kier alpha value is -2.24. The molecule has 0 amide bonds. The van der Waals surface area contributed by atoms with Gasteiger partial charge in [-0.25, -0.2) is 15.0 Å². The SMILES string of the molecule is CC(C)(O)CN1C(c2cncnc2)=NC=CC1c1ccc(Cl)cc1. The molecule has 5 nitrogen and oxygen atoms in total. The van der Waals surface area contributed by atoms with Gasteiger partial charge in [0, 0.05) is 30.2 Å². The quantitative estimate of drug-likeness (QED) is 0.926. The van der Waals surface area contributed by atoms with Gasteiger partial charge in [0.2, 0.25) is 0 Å². The normalized spacial score (nSPS) is 17.8. The molecule has 0 bridgehead atoms. The predicted molar refractivity (Wildman–Crippen MR) is 94.9 cm³/mol. The van der Waals surface area contributed by atoms with Crippen molar-refractivity contribution in [1.29, 1.82) is 0 Å². The molecule has 1 atom stereocenters. The fourth-order valence-electron chi connectivity index (χ4n) is 2.70. The summed E-state index contributed by atoms with van der Waals surface area (Å²) in [7, 11) is 0. The molecule has 0 spiro atoms. The maximum atomic E-state index is 10.4. The van der Waals surface area contributed by atoms with Crippen LogP contribution in [0.1, 0.15) is 31.0 Å². The number of β-amino-alcohol motifs (C(OH)–C–C–N with tert-alkyl or cyclic N) is 1. The highest BCUT2D eigenvalue weighted by atomic mass is 35.5. The number of aliphatic imine (C=N–C) groups is 1. The van der Waals surface area contributed by atoms with Gasteiger partial charge in [-0.15, -0.1) is 0 Å². The maximum absolute atomic E-state index is 10.4. The van der Waals surface area contributed by atoms with Gasteiger partial charge in [0.05, 0.1) is 17.2 Å². The molecule has 1 aliphatic rings. The van der Waals surface area contributed by atoms with Gasteiger partial charge in [-0.3, -0.25) is 0 Å². The molecule has 1 unspecified atom stereocenters. The van der Waals surface area contributed by atoms with E-state index >= 15 is 0 Å². The van der Waals surface area contributed by atoms with E-state index in [1.54, 1.807) is 32.4 Å². The molecule has 0 fully saturated rings. The van der Waals surface area contributed by atoms with Gasteiger partial charge in [-0.05, 0) is 37.6 Å². The van der Waals surface area contributed by atoms with E-state index in [1.807, 2.05) is 30.3 Å². The lowest BCUT2D eigenvalue weighted by atomic mass is 10.00. The first-order valence-electron chi connectivity index (χ1n) is 7.68. The Morgan fingerprint density at radius 3 is 2.46 bits per heavy atom. The smallest absolute Gasteiger partial charge is 0.139 e. The molecule has 1 N–H and O–H groups in total. The number of benzene rings is 1. The molecule has 0 radical (unpaired) electrons. The number of aliphatic hydroxyl groups is 1. The molecule has 6 heteroatoms. The third kappa shape index (κ3) is 3.80. The lowest BCUT2D eigenvalue weighted by Gasteiger charge is -2.38. The Bertz CT molecular complexity index is 751. The zero-order valence-electron chi connectivity index (χ0n) is 13.6. The largest absolute Gasteiger partial charge is 0.389 e. The Morgan fingerprint density at radius 2 is 1.83 bits per heavy atom. The molecule has 0 saturated carbocycles. The van der Waals surface area contributed by atoms with E-state index in [4.69, 9.17) is 11.6 Å². The van der Waals surface area contributed by atoms with Crippen molar-refractivity contribution < 1.29 is 5.11 Å². The van der Waals surface area contributed by atoms with Crippen molar-refractivity contribution in [2.45, 2.75) is 25.5 Å². The van der Waals surface area contributed by atoms with Crippen LogP contribution in [0.15, 0.2) is 60.3 Å². The van der Waals surface area contributed by atoms with Crippen molar-refractivity contribution in [3.05, 3.63) is 71.4 Å². The third-order valence-corrected chi connectivity index (χ3v) is 3.91. The number of hydrogen-bond donors (Lipinski definition) is 1. The summed E-state index contributed by atoms with van der Waals surface area (Å²) < 4.78 is 0. The molecule has 1 aliphatic heterocycles. The van der Waals surface area contributed by atoms with E-state index in [9.17, 15) is 5.11 Å². The standard InChI is InChI=1S/C18H19ClN4O/c1-18(2,24)11-23-16(13-3-5-15(19)6-4-13)7-8-22-17(23)14-9-20-12-21-10-14/h3-10,12,16,24H,11H2,1-2H3. The monoisotopic (exact) mass is 342 g/mol. The van der Waals surface area contributed by atoms with Crippen molar-refractivity contribution in [1.82, 2.24) is 14.9 Å². The average Bonchev–Trinajstić information content (AvgIpc) is 2.55. The summed E-state index contributed by atoms with van der Waals surface area (Å²) in [6.45, 7) is 3.98. The van der Waals surface area contributed by atoms with E-state index < -0.39 is 5.60 Å². The molecule has 24 heavy (non-hydrogen) atoms. The van der Waals surface area contributed by atoms with Crippen LogP contribution in [0.25, 0.3) is 0 Å². The Balaban J connectivity index is 2.01. The first-order chi connectivity index (χ1) is 11.4. The topological polar surface area (TPSA) is 61.6 Å². The van der Waals surface area contributed by atoms with Crippen LogP contribution in [-0.2, 0) is 0 Å². The van der Waals surface area contributed by atoms with Crippen molar-refractivity contribution in [2.75, 3.05) is 6.54 Å². The molecular weight excluding hydrogens is 324 g/mol. The number of amidine groups is 1. The van der Waals surface area contributed by atoms with E-state index in [0.717, 1.165) is 17.0 Å². The van der Waals surface area contributed by atoms with Gasteiger partial charge in [-0.1, -0.05) is 23.7 Å². The van der Waals surface area contributed by atoms with Gasteiger partial charge in [-0.2, -0.15) is 0 Å². The Kier molecular flexibility index (Phi) is 4.64. The zero-order chi connectivity index (χ0) is 17.2. The summed E-state index contributed by atoms with van der Waals surface area (Å²) in [6, 6.07) is 7.65. The van der Waals surface area contributed by atoms with Crippen molar-refractivity contribution in [3.8, 4) is 0 Å². The predicted octanol–water partition coefficient (Wildman–Crippen LogP) is 3.22. The molecule has 2 aromatic rings. The van der Waals surface area contributed by atoms with E-state index in [2.05, 4.69) is 19.9 Å². The number of aromatic nitrogens is 2. The van der Waals surface area contributed by atoms with E-state index in [-0.39, 0.29) is 6.04 Å². The summed E-state index contributed by atoms with van der Waals surface area (Å²) in [5.74, 6) is 0.736. The van der Waals surface area contributed by atoms with E-state index in [0.29, 0.717) is 11.6 Å². The van der Waals surface area contributed by atoms with Crippen LogP contribution < -0.4 is 0 Å². The molecule has 0 aliphatic carbocycles. The summed E-state index contributed by atoms with van der Waals surface area (Å²) in [4.78, 5) is 14.7. The van der Waals surface area contributed by atoms with Gasteiger partial charge in [0.1, 0.15) is 12.2 Å². The second-order valence-corrected chi connectivity index (χ2v) is 6.79. The average molecular weight is 343 g/mol. The fourth-order valence-corrected chi connectivity index (χ4v) is 2.83. The highest BCUT2D eigenvalue weighted by Crippen LogP contribution is 2.29. The van der Waals surface area contributed by atoms with Crippen LogP contribution in [0.4, 0.5) is 0 Å². The van der Waals surface area contributed by atoms with Crippen molar-refractivity contribution in [3.63, 3.8) is 0 Å². The minimum absolute atomic E-state index is 0.0543. The second-order valence-electron chi connectivity index (χ2n) is 6.36. The van der Waals surface area contributed by atoms with E-state index in [1.165, 1.54) is 6.33 Å². The van der Waals surface area contributed by atoms with Crippen LogP contribution >= 0.6 is 11.6 Å². The number of hydrogen-bond acceptors (Lipinski definition) is 5. The van der Waals surface area contributed by atoms with Crippen molar-refractivity contribution in [2.24, 2.45) is 4.99 Å². The van der Waals surface area contributed by atoms with Gasteiger partial charge < -0.3 is 10.0 Å². The Morgan fingerprint density at radius 1 is 1.17 bits per heavy atom. The minimum Gasteiger partial charge on any atom is -0.389 e. The second kappa shape index (κ2) is 6.71. The molecule has 1 aromatic carbocycles. The molecule has 0 saturated heterocycles. The highest BCUT2D eigenvalue weighted by molar-refractivity contribution is 6.30.